The summed E-state index contributed by atoms with van der Waals surface area (Å²) in [6.07, 6.45) is 2.64. The number of piperidine rings is 1. The van der Waals surface area contributed by atoms with Crippen LogP contribution in [-0.4, -0.2) is 32.7 Å². The van der Waals surface area contributed by atoms with E-state index >= 15 is 0 Å². The van der Waals surface area contributed by atoms with Crippen LogP contribution in [0.15, 0.2) is 23.6 Å². The quantitative estimate of drug-likeness (QED) is 0.776. The largest absolute Gasteiger partial charge is 0.382 e. The van der Waals surface area contributed by atoms with E-state index in [4.69, 9.17) is 18.6 Å². The van der Waals surface area contributed by atoms with Crippen molar-refractivity contribution in [3.8, 4) is 5.75 Å². The Labute approximate surface area is 162 Å². The second kappa shape index (κ2) is 7.84. The molecule has 2 aromatic rings. The number of aromatic nitrogens is 1. The summed E-state index contributed by atoms with van der Waals surface area (Å²) in [6, 6.07) is 5.26. The van der Waals surface area contributed by atoms with Crippen molar-refractivity contribution in [1.29, 1.82) is 0 Å². The Morgan fingerprint density at radius 1 is 1.22 bits per heavy atom. The average Bonchev–Trinajstić information content (AvgIpc) is 3.02. The summed E-state index contributed by atoms with van der Waals surface area (Å²) in [5.41, 5.74) is 2.32. The highest BCUT2D eigenvalue weighted by Crippen LogP contribution is 2.35. The molecule has 2 aliphatic rings. The Balaban J connectivity index is 1.50. The average molecular weight is 411 g/mol. The number of nitrogens with one attached hydrogen (secondary N) is 1. The van der Waals surface area contributed by atoms with E-state index in [1.54, 1.807) is 23.5 Å². The molecule has 1 unspecified atom stereocenters. The van der Waals surface area contributed by atoms with Crippen LogP contribution >= 0.6 is 11.3 Å². The number of rotatable bonds is 4. The van der Waals surface area contributed by atoms with Crippen LogP contribution in [0.25, 0.3) is 0 Å². The zero-order valence-electron chi connectivity index (χ0n) is 15.0. The monoisotopic (exact) mass is 410 g/mol. The molecule has 0 amide bonds. The molecular formula is C18H22N2O5S2. The minimum Gasteiger partial charge on any atom is -0.382 e. The Morgan fingerprint density at radius 2 is 2.00 bits per heavy atom. The van der Waals surface area contributed by atoms with Crippen molar-refractivity contribution >= 4 is 21.5 Å². The smallest absolute Gasteiger partial charge is 0.306 e. The third-order valence-corrected chi connectivity index (χ3v) is 6.22. The van der Waals surface area contributed by atoms with Gasteiger partial charge in [0.1, 0.15) is 11.4 Å². The predicted molar refractivity (Wildman–Crippen MR) is 101 cm³/mol. The summed E-state index contributed by atoms with van der Waals surface area (Å²) in [5, 5.41) is 6.49. The van der Waals surface area contributed by atoms with E-state index in [2.05, 4.69) is 5.32 Å². The minimum atomic E-state index is -3.61. The summed E-state index contributed by atoms with van der Waals surface area (Å²) in [6.45, 7) is 2.55. The molecule has 7 nitrogen and oxygen atoms in total. The van der Waals surface area contributed by atoms with Gasteiger partial charge in [0.2, 0.25) is 6.29 Å². The SMILES string of the molecule is CS(=O)(=O)Oc1cccc2c1COC(c1csc(C3CCNCC3)n1)OC2. The van der Waals surface area contributed by atoms with Crippen molar-refractivity contribution in [3.63, 3.8) is 0 Å². The van der Waals surface area contributed by atoms with Crippen LogP contribution in [0.4, 0.5) is 0 Å². The Kier molecular flexibility index (Phi) is 5.47. The topological polar surface area (TPSA) is 86.8 Å². The molecular weight excluding hydrogens is 388 g/mol. The van der Waals surface area contributed by atoms with Gasteiger partial charge in [0.25, 0.3) is 0 Å². The first-order valence-corrected chi connectivity index (χ1v) is 11.6. The lowest BCUT2D eigenvalue weighted by Crippen LogP contribution is -2.26. The molecule has 1 aromatic carbocycles. The molecule has 9 heteroatoms. The first-order chi connectivity index (χ1) is 13.0. The van der Waals surface area contributed by atoms with Crippen molar-refractivity contribution in [3.05, 3.63) is 45.4 Å². The zero-order chi connectivity index (χ0) is 18.9. The maximum atomic E-state index is 11.5. The van der Waals surface area contributed by atoms with Crippen LogP contribution < -0.4 is 9.50 Å². The second-order valence-corrected chi connectivity index (χ2v) is 9.23. The number of ether oxygens (including phenoxy) is 2. The van der Waals surface area contributed by atoms with Gasteiger partial charge in [0.15, 0.2) is 0 Å². The summed E-state index contributed by atoms with van der Waals surface area (Å²) in [5.74, 6) is 0.774. The molecule has 3 heterocycles. The minimum absolute atomic E-state index is 0.200. The third-order valence-electron chi connectivity index (χ3n) is 4.71. The van der Waals surface area contributed by atoms with E-state index in [9.17, 15) is 8.42 Å². The maximum absolute atomic E-state index is 11.5. The van der Waals surface area contributed by atoms with E-state index < -0.39 is 16.4 Å². The van der Waals surface area contributed by atoms with Crippen LogP contribution in [0.1, 0.15) is 46.9 Å². The van der Waals surface area contributed by atoms with Gasteiger partial charge in [-0.1, -0.05) is 12.1 Å². The molecule has 4 rings (SSSR count). The van der Waals surface area contributed by atoms with Gasteiger partial charge in [-0.05, 0) is 37.6 Å². The van der Waals surface area contributed by atoms with Gasteiger partial charge in [0.05, 0.1) is 24.5 Å². The Bertz CT molecular complexity index is 906. The molecule has 1 aromatic heterocycles. The number of thiazole rings is 1. The van der Waals surface area contributed by atoms with Gasteiger partial charge in [-0.2, -0.15) is 8.42 Å². The molecule has 1 N–H and O–H groups in total. The molecule has 146 valence electrons. The number of hydrogen-bond donors (Lipinski definition) is 1. The highest BCUT2D eigenvalue weighted by atomic mass is 32.2. The van der Waals surface area contributed by atoms with Gasteiger partial charge in [-0.3, -0.25) is 0 Å². The van der Waals surface area contributed by atoms with Crippen LogP contribution in [0, 0.1) is 0 Å². The fraction of sp³-hybridized carbons (Fsp3) is 0.500. The van der Waals surface area contributed by atoms with Crippen molar-refractivity contribution < 1.29 is 22.1 Å². The second-order valence-electron chi connectivity index (χ2n) is 6.77. The van der Waals surface area contributed by atoms with Crippen LogP contribution in [0.2, 0.25) is 0 Å². The predicted octanol–water partition coefficient (Wildman–Crippen LogP) is 2.69. The van der Waals surface area contributed by atoms with Crippen molar-refractivity contribution in [2.45, 2.75) is 38.3 Å². The van der Waals surface area contributed by atoms with Gasteiger partial charge in [-0.25, -0.2) is 4.98 Å². The standard InChI is InChI=1S/C18H22N2O5S2/c1-27(21,22)25-16-4-2-3-13-9-23-18(24-10-14(13)16)15-11-26-17(20-15)12-5-7-19-8-6-12/h2-4,11-12,18-19H,5-10H2,1H3. The number of nitrogens with zero attached hydrogens (tertiary/aromatic N) is 1. The maximum Gasteiger partial charge on any atom is 0.306 e. The van der Waals surface area contributed by atoms with E-state index in [0.717, 1.165) is 48.5 Å². The molecule has 2 aliphatic heterocycles. The molecule has 0 saturated carbocycles. The lowest BCUT2D eigenvalue weighted by Gasteiger charge is -2.20. The summed E-state index contributed by atoms with van der Waals surface area (Å²) in [4.78, 5) is 4.76. The molecule has 1 saturated heterocycles. The summed E-state index contributed by atoms with van der Waals surface area (Å²) < 4.78 is 39.9. The molecule has 1 fully saturated rings. The molecule has 27 heavy (non-hydrogen) atoms. The summed E-state index contributed by atoms with van der Waals surface area (Å²) >= 11 is 1.65. The van der Waals surface area contributed by atoms with Gasteiger partial charge < -0.3 is 19.0 Å². The van der Waals surface area contributed by atoms with Gasteiger partial charge in [-0.15, -0.1) is 11.3 Å². The zero-order valence-corrected chi connectivity index (χ0v) is 16.6. The van der Waals surface area contributed by atoms with Crippen LogP contribution in [0.5, 0.6) is 5.75 Å². The van der Waals surface area contributed by atoms with Gasteiger partial charge >= 0.3 is 10.1 Å². The molecule has 0 bridgehead atoms. The Morgan fingerprint density at radius 3 is 2.78 bits per heavy atom. The highest BCUT2D eigenvalue weighted by Gasteiger charge is 2.26. The molecule has 1 atom stereocenters. The number of benzene rings is 1. The Hall–Kier alpha value is -1.52. The van der Waals surface area contributed by atoms with Crippen molar-refractivity contribution in [2.75, 3.05) is 19.3 Å². The van der Waals surface area contributed by atoms with Crippen molar-refractivity contribution in [1.82, 2.24) is 10.3 Å². The summed E-state index contributed by atoms with van der Waals surface area (Å²) in [7, 11) is -3.61. The molecule has 0 radical (unpaired) electrons. The van der Waals surface area contributed by atoms with Crippen molar-refractivity contribution in [2.24, 2.45) is 0 Å². The van der Waals surface area contributed by atoms with E-state index in [0.29, 0.717) is 18.1 Å². The van der Waals surface area contributed by atoms with E-state index in [1.165, 1.54) is 0 Å². The van der Waals surface area contributed by atoms with Crippen LogP contribution in [-0.2, 0) is 32.8 Å². The van der Waals surface area contributed by atoms with E-state index in [1.807, 2.05) is 11.4 Å². The lowest BCUT2D eigenvalue weighted by atomic mass is 9.99. The molecule has 0 aliphatic carbocycles. The first-order valence-electron chi connectivity index (χ1n) is 8.89. The first kappa shape index (κ1) is 18.8. The van der Waals surface area contributed by atoms with Crippen LogP contribution in [0.3, 0.4) is 0 Å². The number of fused-ring (bicyclic) bond motifs is 1. The van der Waals surface area contributed by atoms with E-state index in [-0.39, 0.29) is 12.4 Å². The number of hydrogen-bond acceptors (Lipinski definition) is 8. The molecule has 0 spiro atoms. The fourth-order valence-corrected chi connectivity index (χ4v) is 4.83. The van der Waals surface area contributed by atoms with Gasteiger partial charge in [0, 0.05) is 16.9 Å². The lowest BCUT2D eigenvalue weighted by molar-refractivity contribution is -0.155. The normalized spacial score (nSPS) is 21.4. The fourth-order valence-electron chi connectivity index (χ4n) is 3.36. The third kappa shape index (κ3) is 4.49. The highest BCUT2D eigenvalue weighted by molar-refractivity contribution is 7.86.